The number of esters is 1. The van der Waals surface area contributed by atoms with E-state index in [1.807, 2.05) is 0 Å². The molecule has 10 heteroatoms. The van der Waals surface area contributed by atoms with Crippen molar-refractivity contribution in [1.29, 1.82) is 0 Å². The van der Waals surface area contributed by atoms with Crippen LogP contribution in [0.1, 0.15) is 47.2 Å². The van der Waals surface area contributed by atoms with E-state index >= 15 is 0 Å². The van der Waals surface area contributed by atoms with Crippen LogP contribution in [0, 0.1) is 6.92 Å². The molecule has 0 bridgehead atoms. The number of methoxy groups -OCH3 is 1. The van der Waals surface area contributed by atoms with E-state index in [0.29, 0.717) is 35.5 Å². The molecule has 0 aromatic heterocycles. The third-order valence-corrected chi connectivity index (χ3v) is 7.50. The van der Waals surface area contributed by atoms with Crippen molar-refractivity contribution >= 4 is 33.8 Å². The van der Waals surface area contributed by atoms with Crippen molar-refractivity contribution in [3.8, 4) is 0 Å². The van der Waals surface area contributed by atoms with Crippen LogP contribution in [0.3, 0.4) is 0 Å². The summed E-state index contributed by atoms with van der Waals surface area (Å²) in [5, 5.41) is 6.40. The first-order valence-electron chi connectivity index (χ1n) is 11.1. The number of aryl methyl sites for hydroxylation is 1. The summed E-state index contributed by atoms with van der Waals surface area (Å²) in [4.78, 5) is 28.9. The van der Waals surface area contributed by atoms with Crippen LogP contribution in [0.5, 0.6) is 0 Å². The third kappa shape index (κ3) is 6.64. The molecule has 1 saturated heterocycles. The van der Waals surface area contributed by atoms with Gasteiger partial charge in [-0.25, -0.2) is 13.2 Å². The van der Waals surface area contributed by atoms with Gasteiger partial charge in [-0.3, -0.25) is 4.79 Å². The van der Waals surface area contributed by atoms with Crippen molar-refractivity contribution in [3.05, 3.63) is 59.2 Å². The van der Waals surface area contributed by atoms with Gasteiger partial charge in [0.25, 0.3) is 5.91 Å². The van der Waals surface area contributed by atoms with Gasteiger partial charge < -0.3 is 14.9 Å². The number of ether oxygens (including phenoxy) is 1. The van der Waals surface area contributed by atoms with E-state index in [4.69, 9.17) is 4.84 Å². The molecule has 1 aliphatic rings. The van der Waals surface area contributed by atoms with Crippen LogP contribution >= 0.6 is 0 Å². The van der Waals surface area contributed by atoms with Crippen molar-refractivity contribution in [2.45, 2.75) is 37.5 Å². The minimum atomic E-state index is -3.64. The van der Waals surface area contributed by atoms with Crippen molar-refractivity contribution in [2.24, 2.45) is 5.16 Å². The molecular weight excluding hydrogens is 458 g/mol. The fraction of sp³-hybridized carbons (Fsp3) is 0.375. The lowest BCUT2D eigenvalue weighted by molar-refractivity contribution is -0.120. The zero-order valence-corrected chi connectivity index (χ0v) is 20.1. The topological polar surface area (TPSA) is 114 Å². The number of benzene rings is 2. The molecular formula is C24H29N3O6S. The zero-order valence-electron chi connectivity index (χ0n) is 19.3. The van der Waals surface area contributed by atoms with Crippen LogP contribution in [0.15, 0.2) is 52.5 Å². The van der Waals surface area contributed by atoms with E-state index < -0.39 is 21.9 Å². The van der Waals surface area contributed by atoms with E-state index in [1.54, 1.807) is 43.3 Å². The SMILES string of the molecule is COC(=O)c1ccc(/C=N/OCC(=O)Nc2ccc(C)c(S(=O)(=O)N3CCCCCC3)c2)cc1. The second-order valence-corrected chi connectivity index (χ2v) is 9.87. The molecule has 34 heavy (non-hydrogen) atoms. The van der Waals surface area contributed by atoms with Crippen molar-refractivity contribution in [1.82, 2.24) is 4.31 Å². The summed E-state index contributed by atoms with van der Waals surface area (Å²) < 4.78 is 32.5. The molecule has 182 valence electrons. The molecule has 0 aliphatic carbocycles. The highest BCUT2D eigenvalue weighted by molar-refractivity contribution is 7.89. The minimum Gasteiger partial charge on any atom is -0.465 e. The number of anilines is 1. The summed E-state index contributed by atoms with van der Waals surface area (Å²) in [6, 6.07) is 11.3. The summed E-state index contributed by atoms with van der Waals surface area (Å²) in [7, 11) is -2.33. The molecule has 0 unspecified atom stereocenters. The summed E-state index contributed by atoms with van der Waals surface area (Å²) >= 11 is 0. The predicted molar refractivity (Wildman–Crippen MR) is 128 cm³/mol. The Labute approximate surface area is 199 Å². The van der Waals surface area contributed by atoms with Gasteiger partial charge in [-0.1, -0.05) is 36.2 Å². The highest BCUT2D eigenvalue weighted by Crippen LogP contribution is 2.25. The maximum atomic E-state index is 13.2. The Morgan fingerprint density at radius 1 is 1.06 bits per heavy atom. The Morgan fingerprint density at radius 2 is 1.74 bits per heavy atom. The first-order valence-corrected chi connectivity index (χ1v) is 12.5. The number of carbonyl (C=O) groups is 2. The van der Waals surface area contributed by atoms with Crippen LogP contribution in [-0.2, 0) is 24.4 Å². The van der Waals surface area contributed by atoms with Crippen molar-refractivity contribution in [2.75, 3.05) is 32.1 Å². The van der Waals surface area contributed by atoms with Gasteiger partial charge >= 0.3 is 5.97 Å². The average molecular weight is 488 g/mol. The summed E-state index contributed by atoms with van der Waals surface area (Å²) in [5.41, 5.74) is 2.08. The Balaban J connectivity index is 1.57. The highest BCUT2D eigenvalue weighted by Gasteiger charge is 2.27. The largest absolute Gasteiger partial charge is 0.465 e. The normalized spacial score (nSPS) is 15.0. The number of nitrogens with zero attached hydrogens (tertiary/aromatic N) is 2. The summed E-state index contributed by atoms with van der Waals surface area (Å²) in [6.07, 6.45) is 5.17. The number of carbonyl (C=O) groups excluding carboxylic acids is 2. The lowest BCUT2D eigenvalue weighted by atomic mass is 10.1. The van der Waals surface area contributed by atoms with Gasteiger partial charge in [0, 0.05) is 18.8 Å². The van der Waals surface area contributed by atoms with E-state index in [2.05, 4.69) is 15.2 Å². The quantitative estimate of drug-likeness (QED) is 0.347. The number of hydrogen-bond acceptors (Lipinski definition) is 7. The molecule has 3 rings (SSSR count). The van der Waals surface area contributed by atoms with Crippen LogP contribution in [0.2, 0.25) is 0 Å². The van der Waals surface area contributed by atoms with Gasteiger partial charge in [-0.15, -0.1) is 0 Å². The fourth-order valence-electron chi connectivity index (χ4n) is 3.59. The van der Waals surface area contributed by atoms with E-state index in [9.17, 15) is 18.0 Å². The monoisotopic (exact) mass is 487 g/mol. The van der Waals surface area contributed by atoms with Crippen molar-refractivity contribution < 1.29 is 27.6 Å². The summed E-state index contributed by atoms with van der Waals surface area (Å²) in [5.74, 6) is -0.907. The highest BCUT2D eigenvalue weighted by atomic mass is 32.2. The lowest BCUT2D eigenvalue weighted by Crippen LogP contribution is -2.32. The molecule has 0 saturated carbocycles. The minimum absolute atomic E-state index is 0.196. The molecule has 1 aliphatic heterocycles. The van der Waals surface area contributed by atoms with E-state index in [1.165, 1.54) is 23.7 Å². The van der Waals surface area contributed by atoms with Gasteiger partial charge in [-0.2, -0.15) is 4.31 Å². The Hall–Kier alpha value is -3.24. The zero-order chi connectivity index (χ0) is 24.6. The van der Waals surface area contributed by atoms with E-state index in [-0.39, 0.29) is 11.5 Å². The first kappa shape index (κ1) is 25.4. The maximum absolute atomic E-state index is 13.2. The molecule has 2 aromatic carbocycles. The number of nitrogens with one attached hydrogen (secondary N) is 1. The van der Waals surface area contributed by atoms with Crippen molar-refractivity contribution in [3.63, 3.8) is 0 Å². The first-order chi connectivity index (χ1) is 16.3. The predicted octanol–water partition coefficient (Wildman–Crippen LogP) is 3.34. The Kier molecular flexibility index (Phi) is 8.78. The molecule has 0 radical (unpaired) electrons. The molecule has 1 heterocycles. The van der Waals surface area contributed by atoms with Gasteiger partial charge in [0.05, 0.1) is 23.8 Å². The number of hydrogen-bond donors (Lipinski definition) is 1. The summed E-state index contributed by atoms with van der Waals surface area (Å²) in [6.45, 7) is 2.41. The number of sulfonamides is 1. The molecule has 1 fully saturated rings. The standard InChI is InChI=1S/C24H29N3O6S/c1-18-7-12-21(15-22(18)34(30,31)27-13-5-3-4-6-14-27)26-23(28)17-33-25-16-19-8-10-20(11-9-19)24(29)32-2/h7-12,15-16H,3-6,13-14,17H2,1-2H3,(H,26,28)/b25-16+. The number of oxime groups is 1. The van der Waals surface area contributed by atoms with Gasteiger partial charge in [-0.05, 0) is 55.2 Å². The average Bonchev–Trinajstić information content (AvgIpc) is 3.13. The lowest BCUT2D eigenvalue weighted by Gasteiger charge is -2.21. The van der Waals surface area contributed by atoms with Crippen LogP contribution in [-0.4, -0.2) is 57.6 Å². The Bertz CT molecular complexity index is 1140. The number of amides is 1. The van der Waals surface area contributed by atoms with Crippen LogP contribution in [0.4, 0.5) is 5.69 Å². The Morgan fingerprint density at radius 3 is 2.38 bits per heavy atom. The van der Waals surface area contributed by atoms with Gasteiger partial charge in [0.1, 0.15) is 0 Å². The smallest absolute Gasteiger partial charge is 0.337 e. The van der Waals surface area contributed by atoms with Gasteiger partial charge in [0.15, 0.2) is 6.61 Å². The molecule has 9 nitrogen and oxygen atoms in total. The molecule has 0 atom stereocenters. The van der Waals surface area contributed by atoms with Gasteiger partial charge in [0.2, 0.25) is 10.0 Å². The number of rotatable bonds is 8. The molecule has 1 amide bonds. The van der Waals surface area contributed by atoms with Crippen LogP contribution < -0.4 is 5.32 Å². The second-order valence-electron chi connectivity index (χ2n) is 7.97. The molecule has 0 spiro atoms. The van der Waals surface area contributed by atoms with Crippen LogP contribution in [0.25, 0.3) is 0 Å². The maximum Gasteiger partial charge on any atom is 0.337 e. The molecule has 1 N–H and O–H groups in total. The third-order valence-electron chi connectivity index (χ3n) is 5.46. The second kappa shape index (κ2) is 11.8. The van der Waals surface area contributed by atoms with E-state index in [0.717, 1.165) is 25.7 Å². The molecule has 2 aromatic rings. The fourth-order valence-corrected chi connectivity index (χ4v) is 5.36.